The number of likely N-dealkylation sites (tertiary alicyclic amines) is 1. The maximum atomic E-state index is 12.5. The van der Waals surface area contributed by atoms with E-state index in [2.05, 4.69) is 5.32 Å². The Morgan fingerprint density at radius 3 is 2.65 bits per heavy atom. The predicted molar refractivity (Wildman–Crippen MR) is 87.5 cm³/mol. The number of carbonyl (C=O) groups excluding carboxylic acids is 3. The molecular formula is C18H24N2O3. The fourth-order valence-corrected chi connectivity index (χ4v) is 2.59. The number of carbonyl (C=O) groups is 3. The molecule has 0 aliphatic carbocycles. The second-order valence-corrected chi connectivity index (χ2v) is 6.03. The van der Waals surface area contributed by atoms with Crippen molar-refractivity contribution in [2.45, 2.75) is 45.6 Å². The molecule has 1 aromatic carbocycles. The van der Waals surface area contributed by atoms with Crippen molar-refractivity contribution in [3.8, 4) is 0 Å². The standard InChI is InChI=1S/C18H24N2O3/c1-3-13(2)17(22)19-15-9-10-16(21)20(18(15)23)12-11-14-7-5-4-6-8-14/h4-8,13,15H,3,9-12H2,1-2H3,(H,19,22)/t13-,15-/m0/s1. The van der Waals surface area contributed by atoms with Crippen LogP contribution >= 0.6 is 0 Å². The summed E-state index contributed by atoms with van der Waals surface area (Å²) in [7, 11) is 0. The van der Waals surface area contributed by atoms with Crippen LogP contribution in [-0.4, -0.2) is 35.2 Å². The molecule has 23 heavy (non-hydrogen) atoms. The third kappa shape index (κ3) is 4.41. The van der Waals surface area contributed by atoms with Gasteiger partial charge in [0.25, 0.3) is 5.91 Å². The van der Waals surface area contributed by atoms with Crippen LogP contribution in [0.25, 0.3) is 0 Å². The maximum Gasteiger partial charge on any atom is 0.251 e. The minimum absolute atomic E-state index is 0.122. The highest BCUT2D eigenvalue weighted by atomic mass is 16.2. The third-order valence-electron chi connectivity index (χ3n) is 4.36. The van der Waals surface area contributed by atoms with Crippen LogP contribution in [0.5, 0.6) is 0 Å². The first-order chi connectivity index (χ1) is 11.0. The summed E-state index contributed by atoms with van der Waals surface area (Å²) in [6.07, 6.45) is 2.04. The lowest BCUT2D eigenvalue weighted by molar-refractivity contribution is -0.151. The van der Waals surface area contributed by atoms with E-state index in [-0.39, 0.29) is 23.6 Å². The van der Waals surface area contributed by atoms with Crippen LogP contribution < -0.4 is 5.32 Å². The van der Waals surface area contributed by atoms with Gasteiger partial charge in [-0.3, -0.25) is 19.3 Å². The van der Waals surface area contributed by atoms with Gasteiger partial charge >= 0.3 is 0 Å². The van der Waals surface area contributed by atoms with Gasteiger partial charge in [0.1, 0.15) is 6.04 Å². The number of hydrogen-bond acceptors (Lipinski definition) is 3. The SMILES string of the molecule is CC[C@H](C)C(=O)N[C@H]1CCC(=O)N(CCc2ccccc2)C1=O. The Hall–Kier alpha value is -2.17. The third-order valence-corrected chi connectivity index (χ3v) is 4.36. The Kier molecular flexibility index (Phi) is 5.90. The Bertz CT molecular complexity index is 571. The molecule has 1 aliphatic rings. The number of rotatable bonds is 6. The van der Waals surface area contributed by atoms with Gasteiger partial charge in [-0.15, -0.1) is 0 Å². The summed E-state index contributed by atoms with van der Waals surface area (Å²) in [5.74, 6) is -0.685. The second-order valence-electron chi connectivity index (χ2n) is 6.03. The lowest BCUT2D eigenvalue weighted by Gasteiger charge is -2.31. The number of benzene rings is 1. The van der Waals surface area contributed by atoms with E-state index in [0.29, 0.717) is 25.8 Å². The van der Waals surface area contributed by atoms with Crippen LogP contribution in [0.1, 0.15) is 38.7 Å². The quantitative estimate of drug-likeness (QED) is 0.815. The summed E-state index contributed by atoms with van der Waals surface area (Å²) >= 11 is 0. The molecule has 1 fully saturated rings. The fourth-order valence-electron chi connectivity index (χ4n) is 2.59. The van der Waals surface area contributed by atoms with Crippen molar-refractivity contribution in [2.24, 2.45) is 5.92 Å². The lowest BCUT2D eigenvalue weighted by atomic mass is 10.0. The summed E-state index contributed by atoms with van der Waals surface area (Å²) in [6.45, 7) is 4.13. The number of imide groups is 1. The first-order valence-electron chi connectivity index (χ1n) is 8.21. The summed E-state index contributed by atoms with van der Waals surface area (Å²) in [5, 5.41) is 2.79. The molecule has 1 aromatic rings. The highest BCUT2D eigenvalue weighted by Gasteiger charge is 2.35. The Morgan fingerprint density at radius 1 is 1.30 bits per heavy atom. The van der Waals surface area contributed by atoms with Gasteiger partial charge in [0.15, 0.2) is 0 Å². The molecule has 5 heteroatoms. The molecule has 0 radical (unpaired) electrons. The van der Waals surface area contributed by atoms with E-state index in [1.807, 2.05) is 44.2 Å². The average Bonchev–Trinajstić information content (AvgIpc) is 2.57. The number of hydrogen-bond donors (Lipinski definition) is 1. The molecule has 0 saturated carbocycles. The van der Waals surface area contributed by atoms with Gasteiger partial charge in [-0.05, 0) is 24.8 Å². The van der Waals surface area contributed by atoms with Crippen molar-refractivity contribution in [1.82, 2.24) is 10.2 Å². The van der Waals surface area contributed by atoms with Gasteiger partial charge in [0.2, 0.25) is 11.8 Å². The van der Waals surface area contributed by atoms with E-state index < -0.39 is 6.04 Å². The summed E-state index contributed by atoms with van der Waals surface area (Å²) in [5.41, 5.74) is 1.08. The van der Waals surface area contributed by atoms with Crippen molar-refractivity contribution in [2.75, 3.05) is 6.54 Å². The van der Waals surface area contributed by atoms with Crippen molar-refractivity contribution < 1.29 is 14.4 Å². The molecule has 5 nitrogen and oxygen atoms in total. The molecular weight excluding hydrogens is 292 g/mol. The van der Waals surface area contributed by atoms with Crippen LogP contribution in [0.2, 0.25) is 0 Å². The van der Waals surface area contributed by atoms with Gasteiger partial charge < -0.3 is 5.32 Å². The van der Waals surface area contributed by atoms with Crippen molar-refractivity contribution in [3.63, 3.8) is 0 Å². The molecule has 1 saturated heterocycles. The van der Waals surface area contributed by atoms with E-state index in [9.17, 15) is 14.4 Å². The molecule has 1 N–H and O–H groups in total. The summed E-state index contributed by atoms with van der Waals surface area (Å²) in [4.78, 5) is 37.8. The Balaban J connectivity index is 1.97. The van der Waals surface area contributed by atoms with Crippen LogP contribution in [0.15, 0.2) is 30.3 Å². The monoisotopic (exact) mass is 316 g/mol. The topological polar surface area (TPSA) is 66.5 Å². The molecule has 3 amide bonds. The van der Waals surface area contributed by atoms with E-state index in [1.165, 1.54) is 4.90 Å². The maximum absolute atomic E-state index is 12.5. The zero-order valence-corrected chi connectivity index (χ0v) is 13.7. The minimum atomic E-state index is -0.579. The number of nitrogens with zero attached hydrogens (tertiary/aromatic N) is 1. The Labute approximate surface area is 137 Å². The van der Waals surface area contributed by atoms with Gasteiger partial charge in [-0.1, -0.05) is 44.2 Å². The zero-order valence-electron chi connectivity index (χ0n) is 13.7. The number of piperidine rings is 1. The van der Waals surface area contributed by atoms with Gasteiger partial charge in [-0.25, -0.2) is 0 Å². The highest BCUT2D eigenvalue weighted by Crippen LogP contribution is 2.15. The predicted octanol–water partition coefficient (Wildman–Crippen LogP) is 1.91. The van der Waals surface area contributed by atoms with Gasteiger partial charge in [0, 0.05) is 18.9 Å². The van der Waals surface area contributed by atoms with Gasteiger partial charge in [-0.2, -0.15) is 0 Å². The molecule has 0 aromatic heterocycles. The van der Waals surface area contributed by atoms with E-state index in [4.69, 9.17) is 0 Å². The number of nitrogens with one attached hydrogen (secondary N) is 1. The van der Waals surface area contributed by atoms with Crippen LogP contribution in [0.4, 0.5) is 0 Å². The minimum Gasteiger partial charge on any atom is -0.344 e. The van der Waals surface area contributed by atoms with E-state index >= 15 is 0 Å². The first-order valence-corrected chi connectivity index (χ1v) is 8.21. The smallest absolute Gasteiger partial charge is 0.251 e. The van der Waals surface area contributed by atoms with E-state index in [0.717, 1.165) is 12.0 Å². The normalized spacial score (nSPS) is 19.6. The summed E-state index contributed by atoms with van der Waals surface area (Å²) < 4.78 is 0. The number of amides is 3. The van der Waals surface area contributed by atoms with Crippen LogP contribution in [0.3, 0.4) is 0 Å². The van der Waals surface area contributed by atoms with Crippen LogP contribution in [0, 0.1) is 5.92 Å². The molecule has 0 bridgehead atoms. The fraction of sp³-hybridized carbons (Fsp3) is 0.500. The van der Waals surface area contributed by atoms with Crippen molar-refractivity contribution in [1.29, 1.82) is 0 Å². The first kappa shape index (κ1) is 17.2. The van der Waals surface area contributed by atoms with Crippen LogP contribution in [-0.2, 0) is 20.8 Å². The second kappa shape index (κ2) is 7.90. The molecule has 2 atom stereocenters. The zero-order chi connectivity index (χ0) is 16.8. The highest BCUT2D eigenvalue weighted by molar-refractivity contribution is 6.01. The lowest BCUT2D eigenvalue weighted by Crippen LogP contribution is -2.55. The van der Waals surface area contributed by atoms with Gasteiger partial charge in [0.05, 0.1) is 0 Å². The largest absolute Gasteiger partial charge is 0.344 e. The van der Waals surface area contributed by atoms with E-state index in [1.54, 1.807) is 0 Å². The molecule has 1 aliphatic heterocycles. The average molecular weight is 316 g/mol. The summed E-state index contributed by atoms with van der Waals surface area (Å²) in [6, 6.07) is 9.17. The van der Waals surface area contributed by atoms with Crippen molar-refractivity contribution >= 4 is 17.7 Å². The Morgan fingerprint density at radius 2 is 2.00 bits per heavy atom. The molecule has 0 spiro atoms. The molecule has 1 heterocycles. The molecule has 0 unspecified atom stereocenters. The van der Waals surface area contributed by atoms with Crippen molar-refractivity contribution in [3.05, 3.63) is 35.9 Å². The molecule has 124 valence electrons. The molecule has 2 rings (SSSR count).